The van der Waals surface area contributed by atoms with Crippen molar-refractivity contribution in [3.63, 3.8) is 0 Å². The van der Waals surface area contributed by atoms with Crippen LogP contribution in [-0.2, 0) is 4.79 Å². The van der Waals surface area contributed by atoms with Gasteiger partial charge in [-0.2, -0.15) is 5.26 Å². The van der Waals surface area contributed by atoms with Crippen LogP contribution in [0.15, 0.2) is 51.1 Å². The second-order valence-corrected chi connectivity index (χ2v) is 11.9. The van der Waals surface area contributed by atoms with Crippen LogP contribution in [0.25, 0.3) is 0 Å². The lowest BCUT2D eigenvalue weighted by atomic mass is 9.69. The van der Waals surface area contributed by atoms with E-state index in [0.29, 0.717) is 34.8 Å². The summed E-state index contributed by atoms with van der Waals surface area (Å²) >= 11 is 9.78. The predicted octanol–water partition coefficient (Wildman–Crippen LogP) is 6.68. The molecule has 4 rings (SSSR count). The average Bonchev–Trinajstić information content (AvgIpc) is 3.09. The molecule has 166 valence electrons. The summed E-state index contributed by atoms with van der Waals surface area (Å²) in [6.45, 7) is 8.20. The molecule has 0 spiro atoms. The normalized spacial score (nSPS) is 20.5. The molecule has 2 aliphatic rings. The fraction of sp³-hybridized carbons (Fsp3) is 0.360. The number of hydrogen-bond donors (Lipinski definition) is 1. The van der Waals surface area contributed by atoms with Gasteiger partial charge in [-0.15, -0.1) is 23.1 Å². The molecule has 2 N–H and O–H groups in total. The number of anilines is 1. The number of nitrogens with two attached hydrogens (primary N) is 1. The maximum absolute atomic E-state index is 13.6. The van der Waals surface area contributed by atoms with Gasteiger partial charge < -0.3 is 5.73 Å². The third-order valence-electron chi connectivity index (χ3n) is 6.21. The zero-order valence-electron chi connectivity index (χ0n) is 18.9. The maximum Gasteiger partial charge on any atom is 0.162 e. The monoisotopic (exact) mass is 483 g/mol. The molecule has 0 unspecified atom stereocenters. The Morgan fingerprint density at radius 3 is 2.69 bits per heavy atom. The smallest absolute Gasteiger partial charge is 0.162 e. The Morgan fingerprint density at radius 1 is 1.31 bits per heavy atom. The average molecular weight is 484 g/mol. The van der Waals surface area contributed by atoms with Gasteiger partial charge in [-0.05, 0) is 61.3 Å². The molecule has 32 heavy (non-hydrogen) atoms. The van der Waals surface area contributed by atoms with Gasteiger partial charge in [0, 0.05) is 27.6 Å². The molecular formula is C25H26ClN3OS2. The van der Waals surface area contributed by atoms with Crippen molar-refractivity contribution in [2.45, 2.75) is 50.7 Å². The minimum atomic E-state index is -0.443. The predicted molar refractivity (Wildman–Crippen MR) is 134 cm³/mol. The van der Waals surface area contributed by atoms with Gasteiger partial charge in [0.05, 0.1) is 27.5 Å². The summed E-state index contributed by atoms with van der Waals surface area (Å²) in [7, 11) is 0. The standard InChI is InChI=1S/C25H26ClN3OS2/c1-13-9-15(24(31-5)32-13)21-16(12-27)23(28)29(18-8-6-7-17(26)14(18)2)19-10-25(3,4)11-20(30)22(19)21/h6-9,21H,10-11,28H2,1-5H3/t21-/m0/s1. The van der Waals surface area contributed by atoms with E-state index in [1.807, 2.05) is 36.3 Å². The molecule has 1 aliphatic carbocycles. The van der Waals surface area contributed by atoms with Crippen molar-refractivity contribution in [1.29, 1.82) is 5.26 Å². The molecule has 4 nitrogen and oxygen atoms in total. The van der Waals surface area contributed by atoms with E-state index in [9.17, 15) is 10.1 Å². The van der Waals surface area contributed by atoms with E-state index in [0.717, 1.165) is 31.6 Å². The number of hydrogen-bond acceptors (Lipinski definition) is 6. The molecule has 0 saturated heterocycles. The molecule has 0 amide bonds. The van der Waals surface area contributed by atoms with Crippen LogP contribution < -0.4 is 10.6 Å². The second-order valence-electron chi connectivity index (χ2n) is 9.17. The lowest BCUT2D eigenvalue weighted by Crippen LogP contribution is -2.42. The maximum atomic E-state index is 13.6. The molecule has 2 aromatic rings. The number of carbonyl (C=O) groups excluding carboxylic acids is 1. The van der Waals surface area contributed by atoms with E-state index in [1.165, 1.54) is 0 Å². The third kappa shape index (κ3) is 3.67. The quantitative estimate of drug-likeness (QED) is 0.493. The second kappa shape index (κ2) is 8.30. The Morgan fingerprint density at radius 2 is 2.03 bits per heavy atom. The first-order valence-electron chi connectivity index (χ1n) is 10.4. The van der Waals surface area contributed by atoms with Crippen LogP contribution >= 0.6 is 34.7 Å². The zero-order valence-corrected chi connectivity index (χ0v) is 21.3. The van der Waals surface area contributed by atoms with E-state index in [2.05, 4.69) is 32.9 Å². The number of rotatable bonds is 3. The summed E-state index contributed by atoms with van der Waals surface area (Å²) < 4.78 is 1.12. The summed E-state index contributed by atoms with van der Waals surface area (Å²) in [5, 5.41) is 10.9. The lowest BCUT2D eigenvalue weighted by Gasteiger charge is -2.44. The van der Waals surface area contributed by atoms with Gasteiger partial charge in [-0.3, -0.25) is 9.69 Å². The van der Waals surface area contributed by atoms with Gasteiger partial charge in [0.15, 0.2) is 5.78 Å². The summed E-state index contributed by atoms with van der Waals surface area (Å²) in [6.07, 6.45) is 3.16. The van der Waals surface area contributed by atoms with E-state index >= 15 is 0 Å². The Bertz CT molecular complexity index is 1230. The topological polar surface area (TPSA) is 70.1 Å². The highest BCUT2D eigenvalue weighted by molar-refractivity contribution is 8.00. The number of halogens is 1. The number of nitrogens with zero attached hydrogens (tertiary/aromatic N) is 2. The van der Waals surface area contributed by atoms with Gasteiger partial charge in [0.2, 0.25) is 0 Å². The highest BCUT2D eigenvalue weighted by Gasteiger charge is 2.45. The summed E-state index contributed by atoms with van der Waals surface area (Å²) in [4.78, 5) is 16.7. The fourth-order valence-corrected chi connectivity index (χ4v) is 6.89. The highest BCUT2D eigenvalue weighted by atomic mass is 35.5. The summed E-state index contributed by atoms with van der Waals surface area (Å²) in [5.74, 6) is 0.0202. The van der Waals surface area contributed by atoms with Crippen molar-refractivity contribution >= 4 is 46.2 Å². The number of ketones is 1. The van der Waals surface area contributed by atoms with Crippen LogP contribution in [0, 0.1) is 30.6 Å². The first-order chi connectivity index (χ1) is 15.1. The van der Waals surface area contributed by atoms with E-state index in [4.69, 9.17) is 17.3 Å². The Labute approximate surface area is 202 Å². The first-order valence-corrected chi connectivity index (χ1v) is 12.9. The van der Waals surface area contributed by atoms with E-state index in [1.54, 1.807) is 23.1 Å². The fourth-order valence-electron chi connectivity index (χ4n) is 4.81. The number of allylic oxidation sites excluding steroid dienone is 3. The van der Waals surface area contributed by atoms with Crippen molar-refractivity contribution < 1.29 is 4.79 Å². The number of thioether (sulfide) groups is 1. The van der Waals surface area contributed by atoms with Crippen LogP contribution in [0.3, 0.4) is 0 Å². The minimum Gasteiger partial charge on any atom is -0.384 e. The van der Waals surface area contributed by atoms with E-state index in [-0.39, 0.29) is 11.2 Å². The van der Waals surface area contributed by atoms with Gasteiger partial charge >= 0.3 is 0 Å². The van der Waals surface area contributed by atoms with Crippen LogP contribution in [0.4, 0.5) is 5.69 Å². The van der Waals surface area contributed by atoms with Gasteiger partial charge in [0.1, 0.15) is 5.82 Å². The van der Waals surface area contributed by atoms with E-state index < -0.39 is 5.92 Å². The summed E-state index contributed by atoms with van der Waals surface area (Å²) in [6, 6.07) is 10.1. The highest BCUT2D eigenvalue weighted by Crippen LogP contribution is 2.52. The van der Waals surface area contributed by atoms with Crippen molar-refractivity contribution in [2.75, 3.05) is 11.2 Å². The molecule has 2 heterocycles. The molecule has 1 aromatic carbocycles. The Kier molecular flexibility index (Phi) is 5.96. The number of aryl methyl sites for hydroxylation is 1. The molecule has 0 saturated carbocycles. The lowest BCUT2D eigenvalue weighted by molar-refractivity contribution is -0.118. The zero-order chi connectivity index (χ0) is 23.4. The Hall–Kier alpha value is -2.20. The summed E-state index contributed by atoms with van der Waals surface area (Å²) in [5.41, 5.74) is 11.2. The van der Waals surface area contributed by atoms with Crippen LogP contribution in [0.5, 0.6) is 0 Å². The van der Waals surface area contributed by atoms with Gasteiger partial charge in [-0.25, -0.2) is 0 Å². The SMILES string of the molecule is CSc1sc(C)cc1[C@H]1C(C#N)=C(N)N(c2cccc(Cl)c2C)C2=C1C(=O)CC(C)(C)C2. The molecule has 0 fully saturated rings. The Balaban J connectivity index is 2.06. The van der Waals surface area contributed by atoms with Crippen molar-refractivity contribution in [3.8, 4) is 6.07 Å². The van der Waals surface area contributed by atoms with Crippen LogP contribution in [0.1, 0.15) is 48.6 Å². The van der Waals surface area contributed by atoms with Crippen molar-refractivity contribution in [1.82, 2.24) is 0 Å². The first kappa shape index (κ1) is 23.0. The molecular weight excluding hydrogens is 458 g/mol. The van der Waals surface area contributed by atoms with Crippen LogP contribution in [0.2, 0.25) is 5.02 Å². The number of nitriles is 1. The molecule has 1 aromatic heterocycles. The molecule has 0 bridgehead atoms. The third-order valence-corrected chi connectivity index (χ3v) is 8.83. The largest absolute Gasteiger partial charge is 0.384 e. The molecule has 1 atom stereocenters. The van der Waals surface area contributed by atoms with Crippen molar-refractivity contribution in [3.05, 3.63) is 68.0 Å². The molecule has 0 radical (unpaired) electrons. The van der Waals surface area contributed by atoms with Gasteiger partial charge in [0.25, 0.3) is 0 Å². The minimum absolute atomic E-state index is 0.0853. The molecule has 1 aliphatic heterocycles. The number of thiophene rings is 1. The van der Waals surface area contributed by atoms with Crippen LogP contribution in [-0.4, -0.2) is 12.0 Å². The number of carbonyl (C=O) groups is 1. The van der Waals surface area contributed by atoms with Crippen molar-refractivity contribution in [2.24, 2.45) is 11.1 Å². The van der Waals surface area contributed by atoms with Gasteiger partial charge in [-0.1, -0.05) is 31.5 Å². The number of Topliss-reactive ketones (excluding diaryl/α,β-unsaturated/α-hetero) is 1. The number of benzene rings is 1. The molecule has 7 heteroatoms.